The molecule has 0 spiro atoms. The van der Waals surface area contributed by atoms with E-state index in [0.717, 1.165) is 128 Å². The minimum absolute atomic E-state index is 0.109. The highest BCUT2D eigenvalue weighted by molar-refractivity contribution is 5.71. The van der Waals surface area contributed by atoms with E-state index in [-0.39, 0.29) is 37.5 Å². The fourth-order valence-corrected chi connectivity index (χ4v) is 8.89. The Balaban J connectivity index is 4.49. The van der Waals surface area contributed by atoms with Gasteiger partial charge in [0.15, 0.2) is 6.10 Å². The predicted octanol–water partition coefficient (Wildman–Crippen LogP) is 23.1. The van der Waals surface area contributed by atoms with Gasteiger partial charge in [0, 0.05) is 19.3 Å². The second-order valence-corrected chi connectivity index (χ2v) is 21.6. The molecule has 6 nitrogen and oxygen atoms in total. The minimum Gasteiger partial charge on any atom is -0.462 e. The van der Waals surface area contributed by atoms with Crippen LogP contribution in [0.3, 0.4) is 0 Å². The molecule has 1 atom stereocenters. The molecule has 6 heteroatoms. The highest BCUT2D eigenvalue weighted by Crippen LogP contribution is 2.15. The first-order valence-electron chi connectivity index (χ1n) is 33.3. The SMILES string of the molecule is CC/C=C\C/C=C\C/C=C\C/C=C\C/C=C\C/C=C\CCCCCCCCC(=O)OCC(COC(=O)CCC/C=C\C/C=C\C/C=C\C/C=C\C/C=C\CC)OC(=O)CCCCCCCCCCC/C=C\CCCCCCCCCC. The van der Waals surface area contributed by atoms with E-state index in [4.69, 9.17) is 14.2 Å². The second kappa shape index (κ2) is 67.8. The highest BCUT2D eigenvalue weighted by Gasteiger charge is 2.19. The van der Waals surface area contributed by atoms with Crippen LogP contribution in [0.25, 0.3) is 0 Å². The van der Waals surface area contributed by atoms with Gasteiger partial charge in [-0.3, -0.25) is 14.4 Å². The Morgan fingerprint density at radius 1 is 0.259 bits per heavy atom. The molecule has 0 bridgehead atoms. The van der Waals surface area contributed by atoms with Gasteiger partial charge in [0.25, 0.3) is 0 Å². The molecule has 0 fully saturated rings. The molecule has 0 saturated carbocycles. The molecule has 0 aromatic carbocycles. The van der Waals surface area contributed by atoms with Crippen LogP contribution in [-0.4, -0.2) is 37.2 Å². The lowest BCUT2D eigenvalue weighted by atomic mass is 10.1. The Kier molecular flexibility index (Phi) is 63.9. The summed E-state index contributed by atoms with van der Waals surface area (Å²) in [5.41, 5.74) is 0. The van der Waals surface area contributed by atoms with Crippen molar-refractivity contribution in [2.75, 3.05) is 13.2 Å². The lowest BCUT2D eigenvalue weighted by Crippen LogP contribution is -2.30. The largest absolute Gasteiger partial charge is 0.462 e. The lowest BCUT2D eigenvalue weighted by molar-refractivity contribution is -0.167. The van der Waals surface area contributed by atoms with Gasteiger partial charge >= 0.3 is 17.9 Å². The zero-order valence-electron chi connectivity index (χ0n) is 52.5. The maximum atomic E-state index is 12.9. The lowest BCUT2D eigenvalue weighted by Gasteiger charge is -2.18. The molecule has 0 saturated heterocycles. The fraction of sp³-hybridized carbons (Fsp3) is 0.640. The normalized spacial score (nSPS) is 13.1. The monoisotopic (exact) mass is 1120 g/mol. The molecule has 0 aliphatic heterocycles. The topological polar surface area (TPSA) is 78.9 Å². The van der Waals surface area contributed by atoms with Crippen LogP contribution in [0.15, 0.2) is 146 Å². The number of hydrogen-bond donors (Lipinski definition) is 0. The summed E-state index contributed by atoms with van der Waals surface area (Å²) < 4.78 is 16.9. The van der Waals surface area contributed by atoms with E-state index in [9.17, 15) is 14.4 Å². The van der Waals surface area contributed by atoms with Crippen molar-refractivity contribution in [3.05, 3.63) is 146 Å². The van der Waals surface area contributed by atoms with E-state index in [0.29, 0.717) is 19.3 Å². The van der Waals surface area contributed by atoms with E-state index in [1.54, 1.807) is 0 Å². The van der Waals surface area contributed by atoms with Crippen molar-refractivity contribution < 1.29 is 28.6 Å². The molecule has 0 amide bonds. The van der Waals surface area contributed by atoms with E-state index < -0.39 is 6.10 Å². The molecular formula is C75H122O6. The Morgan fingerprint density at radius 2 is 0.494 bits per heavy atom. The smallest absolute Gasteiger partial charge is 0.306 e. The highest BCUT2D eigenvalue weighted by atomic mass is 16.6. The summed E-state index contributed by atoms with van der Waals surface area (Å²) in [6, 6.07) is 0. The van der Waals surface area contributed by atoms with Crippen molar-refractivity contribution in [1.82, 2.24) is 0 Å². The average molecular weight is 1120 g/mol. The van der Waals surface area contributed by atoms with Gasteiger partial charge in [-0.05, 0) is 135 Å². The van der Waals surface area contributed by atoms with Gasteiger partial charge in [0.05, 0.1) is 0 Å². The molecule has 0 N–H and O–H groups in total. The van der Waals surface area contributed by atoms with E-state index in [1.165, 1.54) is 116 Å². The van der Waals surface area contributed by atoms with Crippen molar-refractivity contribution in [2.45, 2.75) is 297 Å². The Morgan fingerprint density at radius 3 is 0.815 bits per heavy atom. The summed E-state index contributed by atoms with van der Waals surface area (Å²) in [7, 11) is 0. The number of rotatable bonds is 59. The van der Waals surface area contributed by atoms with Crippen molar-refractivity contribution in [3.63, 3.8) is 0 Å². The maximum absolute atomic E-state index is 12.9. The molecule has 0 rings (SSSR count). The summed E-state index contributed by atoms with van der Waals surface area (Å²) in [5.74, 6) is -0.982. The van der Waals surface area contributed by atoms with Gasteiger partial charge in [0.1, 0.15) is 13.2 Å². The van der Waals surface area contributed by atoms with Crippen molar-refractivity contribution in [1.29, 1.82) is 0 Å². The summed E-state index contributed by atoms with van der Waals surface area (Å²) in [5, 5.41) is 0. The number of allylic oxidation sites excluding steroid dienone is 24. The van der Waals surface area contributed by atoms with Crippen LogP contribution in [0.2, 0.25) is 0 Å². The van der Waals surface area contributed by atoms with Crippen molar-refractivity contribution in [3.8, 4) is 0 Å². The van der Waals surface area contributed by atoms with Crippen LogP contribution in [0.1, 0.15) is 290 Å². The molecule has 0 aliphatic carbocycles. The first-order valence-corrected chi connectivity index (χ1v) is 33.3. The summed E-state index contributed by atoms with van der Waals surface area (Å²) >= 11 is 0. The molecule has 81 heavy (non-hydrogen) atoms. The third kappa shape index (κ3) is 66.0. The van der Waals surface area contributed by atoms with Crippen LogP contribution >= 0.6 is 0 Å². The molecular weight excluding hydrogens is 997 g/mol. The predicted molar refractivity (Wildman–Crippen MR) is 352 cm³/mol. The molecule has 0 aromatic rings. The van der Waals surface area contributed by atoms with Crippen LogP contribution in [0.4, 0.5) is 0 Å². The van der Waals surface area contributed by atoms with Gasteiger partial charge in [0.2, 0.25) is 0 Å². The Hall–Kier alpha value is -4.71. The Bertz CT molecular complexity index is 1760. The zero-order chi connectivity index (χ0) is 58.5. The number of carbonyl (C=O) groups excluding carboxylic acids is 3. The Labute approximate surface area is 499 Å². The van der Waals surface area contributed by atoms with Gasteiger partial charge in [-0.2, -0.15) is 0 Å². The number of carbonyl (C=O) groups is 3. The number of esters is 3. The van der Waals surface area contributed by atoms with Gasteiger partial charge < -0.3 is 14.2 Å². The maximum Gasteiger partial charge on any atom is 0.306 e. The quantitative estimate of drug-likeness (QED) is 0.0261. The van der Waals surface area contributed by atoms with Crippen molar-refractivity contribution in [2.24, 2.45) is 0 Å². The summed E-state index contributed by atoms with van der Waals surface area (Å²) in [4.78, 5) is 38.4. The van der Waals surface area contributed by atoms with E-state index in [2.05, 4.69) is 167 Å². The molecule has 0 aliphatic rings. The third-order valence-corrected chi connectivity index (χ3v) is 13.8. The van der Waals surface area contributed by atoms with Crippen LogP contribution in [0, 0.1) is 0 Å². The molecule has 0 heterocycles. The van der Waals surface area contributed by atoms with Crippen molar-refractivity contribution >= 4 is 17.9 Å². The number of unbranched alkanes of at least 4 members (excludes halogenated alkanes) is 24. The number of hydrogen-bond acceptors (Lipinski definition) is 6. The minimum atomic E-state index is -0.817. The van der Waals surface area contributed by atoms with E-state index in [1.807, 2.05) is 0 Å². The summed E-state index contributed by atoms with van der Waals surface area (Å²) in [6.45, 7) is 6.36. The van der Waals surface area contributed by atoms with Crippen LogP contribution < -0.4 is 0 Å². The second-order valence-electron chi connectivity index (χ2n) is 21.6. The first kappa shape index (κ1) is 76.3. The fourth-order valence-electron chi connectivity index (χ4n) is 8.89. The molecule has 1 unspecified atom stereocenters. The van der Waals surface area contributed by atoms with Gasteiger partial charge in [-0.15, -0.1) is 0 Å². The first-order chi connectivity index (χ1) is 40.0. The number of ether oxygens (including phenoxy) is 3. The van der Waals surface area contributed by atoms with Crippen LogP contribution in [0.5, 0.6) is 0 Å². The molecule has 458 valence electrons. The molecule has 0 aromatic heterocycles. The van der Waals surface area contributed by atoms with Gasteiger partial charge in [-0.1, -0.05) is 282 Å². The van der Waals surface area contributed by atoms with E-state index >= 15 is 0 Å². The standard InChI is InChI=1S/C75H122O6/c1-4-7-10-13-16-19-22-25-28-31-33-35-36-37-38-40-41-44-47-50-53-56-59-62-65-68-74(77)80-71-72(70-79-73(76)67-64-61-58-55-52-49-46-43-30-27-24-21-18-15-12-9-6-3)81-75(78)69-66-63-60-57-54-51-48-45-42-39-34-32-29-26-23-20-17-14-11-8-5-2/h7,9-10,12,16,18-19,21,25,27-28,30,32-35,37-38,41,44,46,49,55,58,72H,4-6,8,11,13-15,17,20,22-24,26,29,31,36,39-40,42-43,45,47-48,50-54,56-57,59-71H2,1-3H3/b10-7-,12-9-,19-16-,21-18-,28-25-,30-27-,34-32-,35-33-,38-37-,44-41-,49-46-,58-55-. The average Bonchev–Trinajstić information content (AvgIpc) is 3.47. The third-order valence-electron chi connectivity index (χ3n) is 13.8. The zero-order valence-corrected chi connectivity index (χ0v) is 52.5. The summed E-state index contributed by atoms with van der Waals surface area (Å²) in [6.07, 6.45) is 97.2. The van der Waals surface area contributed by atoms with Gasteiger partial charge in [-0.25, -0.2) is 0 Å². The van der Waals surface area contributed by atoms with Crippen LogP contribution in [-0.2, 0) is 28.6 Å². The molecule has 0 radical (unpaired) electrons.